The van der Waals surface area contributed by atoms with Crippen LogP contribution in [-0.4, -0.2) is 72.6 Å². The van der Waals surface area contributed by atoms with Gasteiger partial charge in [-0.15, -0.1) is 0 Å². The molecule has 10 heteroatoms. The van der Waals surface area contributed by atoms with E-state index < -0.39 is 35.5 Å². The van der Waals surface area contributed by atoms with Gasteiger partial charge in [-0.3, -0.25) is 19.2 Å². The molecule has 0 aliphatic rings. The third-order valence-corrected chi connectivity index (χ3v) is 11.2. The van der Waals surface area contributed by atoms with Crippen LogP contribution in [0, 0.1) is 5.41 Å². The molecule has 0 aliphatic carbocycles. The largest absolute Gasteiger partial charge is 0.462 e. The fraction of sp³-hybridized carbons (Fsp3) is 0.917. The first kappa shape index (κ1) is 55.8. The van der Waals surface area contributed by atoms with Crippen molar-refractivity contribution in [3.63, 3.8) is 0 Å². The van der Waals surface area contributed by atoms with Gasteiger partial charge < -0.3 is 29.7 Å². The minimum Gasteiger partial charge on any atom is -0.462 e. The Labute approximate surface area is 355 Å². The van der Waals surface area contributed by atoms with E-state index in [1.54, 1.807) is 13.8 Å². The molecule has 0 fully saturated rings. The van der Waals surface area contributed by atoms with E-state index in [-0.39, 0.29) is 51.6 Å². The molecule has 3 N–H and O–H groups in total. The number of unbranched alkanes of at least 4 members (excludes halogenated alkanes) is 28. The molecule has 58 heavy (non-hydrogen) atoms. The quantitative estimate of drug-likeness (QED) is 0.0310. The van der Waals surface area contributed by atoms with Crippen molar-refractivity contribution in [2.24, 2.45) is 5.41 Å². The van der Waals surface area contributed by atoms with Crippen molar-refractivity contribution in [3.8, 4) is 0 Å². The van der Waals surface area contributed by atoms with Crippen LogP contribution in [-0.2, 0) is 33.4 Å². The monoisotopic (exact) mass is 826 g/mol. The molecule has 2 atom stereocenters. The van der Waals surface area contributed by atoms with E-state index in [4.69, 9.17) is 14.2 Å². The number of amides is 1. The topological polar surface area (TPSA) is 148 Å². The summed E-state index contributed by atoms with van der Waals surface area (Å²) < 4.78 is 16.4. The molecule has 342 valence electrons. The predicted molar refractivity (Wildman–Crippen MR) is 235 cm³/mol. The maximum absolute atomic E-state index is 12.7. The highest BCUT2D eigenvalue weighted by Gasteiger charge is 2.32. The second-order valence-electron chi connectivity index (χ2n) is 17.5. The number of nitrogens with one attached hydrogen (secondary N) is 1. The van der Waals surface area contributed by atoms with E-state index in [0.29, 0.717) is 6.42 Å². The summed E-state index contributed by atoms with van der Waals surface area (Å²) >= 11 is 0. The van der Waals surface area contributed by atoms with Crippen molar-refractivity contribution in [2.75, 3.05) is 26.4 Å². The van der Waals surface area contributed by atoms with Crippen LogP contribution in [0.3, 0.4) is 0 Å². The number of hydrogen-bond donors (Lipinski definition) is 3. The van der Waals surface area contributed by atoms with Gasteiger partial charge >= 0.3 is 17.9 Å². The Hall–Kier alpha value is -2.20. The lowest BCUT2D eigenvalue weighted by atomic mass is 9.87. The van der Waals surface area contributed by atoms with Gasteiger partial charge in [0.25, 0.3) is 0 Å². The standard InChI is InChI=1S/C48H91NO9/c1-5-7-9-11-13-15-17-19-21-23-25-27-29-31-33-35-43(51)56-39-42(40-57-44(52)37-38-49-47(55)46(54)48(3,4)41-50)58-45(53)36-34-32-30-28-26-24-22-20-18-16-14-12-10-8-6-2/h42,46,50,54H,5-41H2,1-4H3,(H,49,55)/t42?,46-/m0/s1. The van der Waals surface area contributed by atoms with E-state index in [9.17, 15) is 29.4 Å². The number of carbonyl (C=O) groups excluding carboxylic acids is 4. The second-order valence-corrected chi connectivity index (χ2v) is 17.5. The molecular formula is C48H91NO9. The zero-order valence-corrected chi connectivity index (χ0v) is 38.1. The lowest BCUT2D eigenvalue weighted by molar-refractivity contribution is -0.167. The Balaban J connectivity index is 4.44. The predicted octanol–water partition coefficient (Wildman–Crippen LogP) is 11.4. The van der Waals surface area contributed by atoms with Crippen molar-refractivity contribution >= 4 is 23.8 Å². The molecule has 0 saturated carbocycles. The molecule has 0 aromatic heterocycles. The average Bonchev–Trinajstić information content (AvgIpc) is 3.21. The summed E-state index contributed by atoms with van der Waals surface area (Å²) in [4.78, 5) is 49.9. The highest BCUT2D eigenvalue weighted by Crippen LogP contribution is 2.20. The van der Waals surface area contributed by atoms with Crippen LogP contribution >= 0.6 is 0 Å². The molecule has 1 unspecified atom stereocenters. The number of rotatable bonds is 43. The van der Waals surface area contributed by atoms with Gasteiger partial charge in [0.05, 0.1) is 13.0 Å². The second kappa shape index (κ2) is 40.2. The van der Waals surface area contributed by atoms with E-state index in [1.165, 1.54) is 154 Å². The van der Waals surface area contributed by atoms with Gasteiger partial charge in [0.15, 0.2) is 6.10 Å². The van der Waals surface area contributed by atoms with Crippen LogP contribution in [0.15, 0.2) is 0 Å². The smallest absolute Gasteiger partial charge is 0.307 e. The Morgan fingerprint density at radius 3 is 1.14 bits per heavy atom. The zero-order chi connectivity index (χ0) is 43.0. The van der Waals surface area contributed by atoms with E-state index >= 15 is 0 Å². The van der Waals surface area contributed by atoms with Crippen molar-refractivity contribution < 1.29 is 43.6 Å². The van der Waals surface area contributed by atoms with E-state index in [2.05, 4.69) is 19.2 Å². The number of aliphatic hydroxyl groups is 2. The minimum atomic E-state index is -1.44. The maximum Gasteiger partial charge on any atom is 0.307 e. The van der Waals surface area contributed by atoms with Crippen LogP contribution in [0.4, 0.5) is 0 Å². The van der Waals surface area contributed by atoms with Crippen molar-refractivity contribution in [1.29, 1.82) is 0 Å². The van der Waals surface area contributed by atoms with Crippen molar-refractivity contribution in [1.82, 2.24) is 5.32 Å². The van der Waals surface area contributed by atoms with Crippen molar-refractivity contribution in [3.05, 3.63) is 0 Å². The van der Waals surface area contributed by atoms with Crippen LogP contribution in [0.25, 0.3) is 0 Å². The lowest BCUT2D eigenvalue weighted by Crippen LogP contribution is -2.46. The van der Waals surface area contributed by atoms with Gasteiger partial charge in [0.1, 0.15) is 19.3 Å². The molecule has 0 aliphatic heterocycles. The van der Waals surface area contributed by atoms with Gasteiger partial charge in [-0.25, -0.2) is 0 Å². The fourth-order valence-electron chi connectivity index (χ4n) is 6.98. The summed E-state index contributed by atoms with van der Waals surface area (Å²) in [6.07, 6.45) is 35.2. The van der Waals surface area contributed by atoms with Gasteiger partial charge in [0, 0.05) is 24.8 Å². The Bertz CT molecular complexity index is 988. The number of hydrogen-bond acceptors (Lipinski definition) is 9. The molecule has 0 aromatic rings. The molecule has 0 radical (unpaired) electrons. The number of ether oxygens (including phenoxy) is 3. The van der Waals surface area contributed by atoms with E-state index in [1.807, 2.05) is 0 Å². The molecule has 0 aromatic carbocycles. The SMILES string of the molecule is CCCCCCCCCCCCCCCCCC(=O)OCC(COC(=O)CCNC(=O)[C@H](O)C(C)(C)CO)OC(=O)CCCCCCCCCCCCCCCCC. The summed E-state index contributed by atoms with van der Waals surface area (Å²) in [7, 11) is 0. The summed E-state index contributed by atoms with van der Waals surface area (Å²) in [6.45, 7) is 6.69. The Morgan fingerprint density at radius 2 is 0.793 bits per heavy atom. The first-order valence-electron chi connectivity index (χ1n) is 24.1. The molecule has 1 amide bonds. The normalized spacial score (nSPS) is 12.6. The van der Waals surface area contributed by atoms with E-state index in [0.717, 1.165) is 32.1 Å². The molecule has 0 spiro atoms. The Kier molecular flexibility index (Phi) is 38.7. The highest BCUT2D eigenvalue weighted by molar-refractivity contribution is 5.82. The van der Waals surface area contributed by atoms with Gasteiger partial charge in [0.2, 0.25) is 5.91 Å². The van der Waals surface area contributed by atoms with Crippen LogP contribution in [0.1, 0.15) is 240 Å². The summed E-state index contributed by atoms with van der Waals surface area (Å²) in [5.41, 5.74) is -1.03. The van der Waals surface area contributed by atoms with Gasteiger partial charge in [-0.2, -0.15) is 0 Å². The highest BCUT2D eigenvalue weighted by atomic mass is 16.6. The van der Waals surface area contributed by atoms with Crippen molar-refractivity contribution in [2.45, 2.75) is 252 Å². The molecule has 0 heterocycles. The van der Waals surface area contributed by atoms with Crippen LogP contribution in [0.5, 0.6) is 0 Å². The molecular weight excluding hydrogens is 735 g/mol. The molecule has 10 nitrogen and oxygen atoms in total. The third-order valence-electron chi connectivity index (χ3n) is 11.2. The first-order valence-corrected chi connectivity index (χ1v) is 24.1. The molecule has 0 rings (SSSR count). The lowest BCUT2D eigenvalue weighted by Gasteiger charge is -2.27. The fourth-order valence-corrected chi connectivity index (χ4v) is 6.98. The average molecular weight is 826 g/mol. The number of carbonyl (C=O) groups is 4. The third kappa shape index (κ3) is 35.7. The zero-order valence-electron chi connectivity index (χ0n) is 38.1. The van der Waals surface area contributed by atoms with Crippen LogP contribution in [0.2, 0.25) is 0 Å². The minimum absolute atomic E-state index is 0.0753. The number of aliphatic hydroxyl groups excluding tert-OH is 2. The molecule has 0 saturated heterocycles. The van der Waals surface area contributed by atoms with Gasteiger partial charge in [-0.1, -0.05) is 207 Å². The van der Waals surface area contributed by atoms with Crippen LogP contribution < -0.4 is 5.32 Å². The molecule has 0 bridgehead atoms. The number of esters is 3. The maximum atomic E-state index is 12.7. The summed E-state index contributed by atoms with van der Waals surface area (Å²) in [5.74, 6) is -2.11. The summed E-state index contributed by atoms with van der Waals surface area (Å²) in [5, 5.41) is 22.0. The van der Waals surface area contributed by atoms with Gasteiger partial charge in [-0.05, 0) is 12.8 Å². The first-order chi connectivity index (χ1) is 28.1. The summed E-state index contributed by atoms with van der Waals surface area (Å²) in [6, 6.07) is 0. The Morgan fingerprint density at radius 1 is 0.483 bits per heavy atom.